The maximum atomic E-state index is 12.4. The predicted octanol–water partition coefficient (Wildman–Crippen LogP) is 1.94. The third-order valence-corrected chi connectivity index (χ3v) is 4.51. The molecule has 9 heteroatoms. The summed E-state index contributed by atoms with van der Waals surface area (Å²) < 4.78 is 5.04. The second-order valence-corrected chi connectivity index (χ2v) is 6.08. The van der Waals surface area contributed by atoms with Gasteiger partial charge in [-0.25, -0.2) is 9.78 Å². The van der Waals surface area contributed by atoms with E-state index in [1.165, 1.54) is 19.4 Å². The molecule has 0 aliphatic rings. The van der Waals surface area contributed by atoms with Crippen LogP contribution in [-0.4, -0.2) is 41.4 Å². The lowest BCUT2D eigenvalue weighted by atomic mass is 10.1. The molecule has 2 aromatic heterocycles. The molecule has 2 heterocycles. The first-order chi connectivity index (χ1) is 11.9. The molecule has 25 heavy (non-hydrogen) atoms. The van der Waals surface area contributed by atoms with Gasteiger partial charge in [-0.2, -0.15) is 0 Å². The maximum absolute atomic E-state index is 12.4. The van der Waals surface area contributed by atoms with Crippen LogP contribution >= 0.6 is 11.3 Å². The van der Waals surface area contributed by atoms with Crippen molar-refractivity contribution in [1.82, 2.24) is 15.3 Å². The number of aryl methyl sites for hydroxylation is 1. The van der Waals surface area contributed by atoms with Crippen LogP contribution in [0.15, 0.2) is 12.4 Å². The minimum absolute atomic E-state index is 0.105. The Bertz CT molecular complexity index is 814. The van der Waals surface area contributed by atoms with E-state index in [0.717, 1.165) is 11.3 Å². The summed E-state index contributed by atoms with van der Waals surface area (Å²) in [5.41, 5.74) is 1.40. The van der Waals surface area contributed by atoms with Crippen molar-refractivity contribution in [1.29, 1.82) is 0 Å². The van der Waals surface area contributed by atoms with Gasteiger partial charge in [-0.1, -0.05) is 0 Å². The fraction of sp³-hybridized carbons (Fsp3) is 0.312. The van der Waals surface area contributed by atoms with Gasteiger partial charge in [0.25, 0.3) is 11.8 Å². The highest BCUT2D eigenvalue weighted by Crippen LogP contribution is 2.34. The van der Waals surface area contributed by atoms with Crippen molar-refractivity contribution < 1.29 is 19.1 Å². The Morgan fingerprint density at radius 1 is 1.16 bits per heavy atom. The molecule has 2 N–H and O–H groups in total. The van der Waals surface area contributed by atoms with Crippen LogP contribution in [0.1, 0.15) is 48.7 Å². The number of aromatic nitrogens is 2. The number of nitrogens with zero attached hydrogens (tertiary/aromatic N) is 2. The van der Waals surface area contributed by atoms with Crippen molar-refractivity contribution in [2.45, 2.75) is 20.8 Å². The van der Waals surface area contributed by atoms with E-state index >= 15 is 0 Å². The van der Waals surface area contributed by atoms with Crippen LogP contribution in [0.25, 0.3) is 0 Å². The third-order valence-electron chi connectivity index (χ3n) is 3.30. The lowest BCUT2D eigenvalue weighted by Crippen LogP contribution is -2.18. The average Bonchev–Trinajstić information content (AvgIpc) is 2.91. The molecular formula is C16H18N4O4S. The standard InChI is InChI=1S/C16H18N4O4S/c1-5-24-16(23)11-9(3)12(14(22)17-4)25-15(11)20-13(21)10-7-18-8(2)6-19-10/h6-7H,5H2,1-4H3,(H,17,22)(H,20,21). The van der Waals surface area contributed by atoms with E-state index in [1.54, 1.807) is 20.8 Å². The first kappa shape index (κ1) is 18.5. The molecule has 2 rings (SSSR count). The van der Waals surface area contributed by atoms with Crippen LogP contribution in [0.2, 0.25) is 0 Å². The van der Waals surface area contributed by atoms with Crippen LogP contribution in [0.4, 0.5) is 5.00 Å². The summed E-state index contributed by atoms with van der Waals surface area (Å²) in [7, 11) is 1.49. The number of carbonyl (C=O) groups is 3. The van der Waals surface area contributed by atoms with Gasteiger partial charge in [0.1, 0.15) is 10.7 Å². The second kappa shape index (κ2) is 7.84. The summed E-state index contributed by atoms with van der Waals surface area (Å²) in [6, 6.07) is 0. The van der Waals surface area contributed by atoms with E-state index in [4.69, 9.17) is 4.74 Å². The first-order valence-corrected chi connectivity index (χ1v) is 8.33. The summed E-state index contributed by atoms with van der Waals surface area (Å²) >= 11 is 1.01. The zero-order valence-corrected chi connectivity index (χ0v) is 15.1. The van der Waals surface area contributed by atoms with E-state index < -0.39 is 11.9 Å². The van der Waals surface area contributed by atoms with Gasteiger partial charge in [0, 0.05) is 13.2 Å². The van der Waals surface area contributed by atoms with Gasteiger partial charge >= 0.3 is 5.97 Å². The highest BCUT2D eigenvalue weighted by molar-refractivity contribution is 7.18. The molecule has 0 fully saturated rings. The predicted molar refractivity (Wildman–Crippen MR) is 93.1 cm³/mol. The number of anilines is 1. The molecule has 0 aliphatic heterocycles. The lowest BCUT2D eigenvalue weighted by molar-refractivity contribution is 0.0527. The number of thiophene rings is 1. The molecule has 0 aromatic carbocycles. The van der Waals surface area contributed by atoms with E-state index in [9.17, 15) is 14.4 Å². The van der Waals surface area contributed by atoms with Crippen molar-refractivity contribution >= 4 is 34.1 Å². The number of rotatable bonds is 5. The molecule has 2 amide bonds. The van der Waals surface area contributed by atoms with Crippen LogP contribution in [0, 0.1) is 13.8 Å². The van der Waals surface area contributed by atoms with Crippen molar-refractivity contribution in [3.8, 4) is 0 Å². The van der Waals surface area contributed by atoms with Crippen LogP contribution in [-0.2, 0) is 4.74 Å². The maximum Gasteiger partial charge on any atom is 0.341 e. The van der Waals surface area contributed by atoms with Gasteiger partial charge in [-0.05, 0) is 26.3 Å². The fourth-order valence-corrected chi connectivity index (χ4v) is 3.19. The number of esters is 1. The van der Waals surface area contributed by atoms with Crippen LogP contribution in [0.3, 0.4) is 0 Å². The number of carbonyl (C=O) groups excluding carboxylic acids is 3. The molecule has 132 valence electrons. The normalized spacial score (nSPS) is 10.2. The van der Waals surface area contributed by atoms with Gasteiger partial charge in [-0.15, -0.1) is 11.3 Å². The minimum atomic E-state index is -0.600. The molecular weight excluding hydrogens is 344 g/mol. The van der Waals surface area contributed by atoms with E-state index in [0.29, 0.717) is 16.1 Å². The monoisotopic (exact) mass is 362 g/mol. The number of nitrogens with one attached hydrogen (secondary N) is 2. The van der Waals surface area contributed by atoms with Gasteiger partial charge in [-0.3, -0.25) is 14.6 Å². The number of hydrogen-bond donors (Lipinski definition) is 2. The van der Waals surface area contributed by atoms with Gasteiger partial charge in [0.05, 0.1) is 28.9 Å². The SMILES string of the molecule is CCOC(=O)c1c(NC(=O)c2cnc(C)cn2)sc(C(=O)NC)c1C. The molecule has 0 saturated heterocycles. The van der Waals surface area contributed by atoms with Gasteiger partial charge < -0.3 is 15.4 Å². The highest BCUT2D eigenvalue weighted by atomic mass is 32.1. The quantitative estimate of drug-likeness (QED) is 0.787. The van der Waals surface area contributed by atoms with Crippen molar-refractivity contribution in [2.75, 3.05) is 19.0 Å². The van der Waals surface area contributed by atoms with Crippen LogP contribution < -0.4 is 10.6 Å². The van der Waals surface area contributed by atoms with Crippen LogP contribution in [0.5, 0.6) is 0 Å². The summed E-state index contributed by atoms with van der Waals surface area (Å²) in [5.74, 6) is -1.47. The fourth-order valence-electron chi connectivity index (χ4n) is 2.06. The molecule has 0 unspecified atom stereocenters. The summed E-state index contributed by atoms with van der Waals surface area (Å²) in [5, 5.41) is 5.37. The largest absolute Gasteiger partial charge is 0.462 e. The molecule has 2 aromatic rings. The summed E-state index contributed by atoms with van der Waals surface area (Å²) in [4.78, 5) is 44.9. The Labute approximate surface area is 148 Å². The Balaban J connectivity index is 2.41. The average molecular weight is 362 g/mol. The summed E-state index contributed by atoms with van der Waals surface area (Å²) in [6.45, 7) is 5.25. The second-order valence-electron chi connectivity index (χ2n) is 5.06. The first-order valence-electron chi connectivity index (χ1n) is 7.51. The topological polar surface area (TPSA) is 110 Å². The molecule has 0 atom stereocenters. The molecule has 0 saturated carbocycles. The molecule has 0 radical (unpaired) electrons. The zero-order chi connectivity index (χ0) is 18.6. The highest BCUT2D eigenvalue weighted by Gasteiger charge is 2.26. The van der Waals surface area contributed by atoms with Crippen molar-refractivity contribution in [3.63, 3.8) is 0 Å². The molecule has 0 bridgehead atoms. The van der Waals surface area contributed by atoms with E-state index in [2.05, 4.69) is 20.6 Å². The van der Waals surface area contributed by atoms with Gasteiger partial charge in [0.15, 0.2) is 0 Å². The number of hydrogen-bond acceptors (Lipinski definition) is 7. The molecule has 0 aliphatic carbocycles. The lowest BCUT2D eigenvalue weighted by Gasteiger charge is -2.06. The third kappa shape index (κ3) is 4.00. The Kier molecular flexibility index (Phi) is 5.81. The summed E-state index contributed by atoms with van der Waals surface area (Å²) in [6.07, 6.45) is 2.81. The Morgan fingerprint density at radius 3 is 2.44 bits per heavy atom. The number of ether oxygens (including phenoxy) is 1. The van der Waals surface area contributed by atoms with Crippen molar-refractivity contribution in [2.24, 2.45) is 0 Å². The molecule has 8 nitrogen and oxygen atoms in total. The Hall–Kier alpha value is -2.81. The van der Waals surface area contributed by atoms with Gasteiger partial charge in [0.2, 0.25) is 0 Å². The minimum Gasteiger partial charge on any atom is -0.462 e. The van der Waals surface area contributed by atoms with E-state index in [1.807, 2.05) is 0 Å². The number of amides is 2. The van der Waals surface area contributed by atoms with E-state index in [-0.39, 0.29) is 28.8 Å². The molecule has 0 spiro atoms. The Morgan fingerprint density at radius 2 is 1.88 bits per heavy atom. The van der Waals surface area contributed by atoms with Crippen molar-refractivity contribution in [3.05, 3.63) is 39.8 Å². The zero-order valence-electron chi connectivity index (χ0n) is 14.3. The smallest absolute Gasteiger partial charge is 0.341 e.